The first kappa shape index (κ1) is 20.2. The quantitative estimate of drug-likeness (QED) is 0.789. The summed E-state index contributed by atoms with van der Waals surface area (Å²) in [5, 5.41) is 3.11. The van der Waals surface area contributed by atoms with Gasteiger partial charge in [-0.05, 0) is 56.7 Å². The number of benzene rings is 1. The predicted molar refractivity (Wildman–Crippen MR) is 108 cm³/mol. The number of rotatable bonds is 5. The molecular formula is C22H30N2O4. The van der Waals surface area contributed by atoms with Crippen molar-refractivity contribution >= 4 is 11.8 Å². The number of methoxy groups -OCH3 is 2. The summed E-state index contributed by atoms with van der Waals surface area (Å²) in [6, 6.07) is 5.35. The summed E-state index contributed by atoms with van der Waals surface area (Å²) in [7, 11) is 3.13. The second kappa shape index (κ2) is 9.62. The first-order valence-corrected chi connectivity index (χ1v) is 10.1. The number of nitrogens with one attached hydrogen (secondary N) is 1. The zero-order chi connectivity index (χ0) is 19.9. The van der Waals surface area contributed by atoms with Crippen molar-refractivity contribution in [2.24, 2.45) is 0 Å². The van der Waals surface area contributed by atoms with E-state index in [1.807, 2.05) is 4.90 Å². The Morgan fingerprint density at radius 1 is 1.04 bits per heavy atom. The number of nitrogens with zero attached hydrogens (tertiary/aromatic N) is 1. The number of allylic oxidation sites excluding steroid dienone is 1. The monoisotopic (exact) mass is 386 g/mol. The van der Waals surface area contributed by atoms with Crippen LogP contribution in [0.2, 0.25) is 0 Å². The Morgan fingerprint density at radius 3 is 2.36 bits per heavy atom. The van der Waals surface area contributed by atoms with Crippen molar-refractivity contribution in [2.75, 3.05) is 27.3 Å². The molecule has 0 radical (unpaired) electrons. The van der Waals surface area contributed by atoms with E-state index in [0.29, 0.717) is 30.2 Å². The minimum Gasteiger partial charge on any atom is -0.493 e. The van der Waals surface area contributed by atoms with Gasteiger partial charge in [-0.1, -0.05) is 12.0 Å². The Kier molecular flexibility index (Phi) is 6.95. The molecular weight excluding hydrogens is 356 g/mol. The van der Waals surface area contributed by atoms with E-state index in [1.54, 1.807) is 38.5 Å². The van der Waals surface area contributed by atoms with Crippen molar-refractivity contribution in [1.29, 1.82) is 0 Å². The third-order valence-electron chi connectivity index (χ3n) is 5.59. The van der Waals surface area contributed by atoms with E-state index in [-0.39, 0.29) is 17.9 Å². The van der Waals surface area contributed by atoms with Crippen LogP contribution in [-0.4, -0.2) is 50.1 Å². The fraction of sp³-hybridized carbons (Fsp3) is 0.545. The Balaban J connectivity index is 1.52. The van der Waals surface area contributed by atoms with Crippen LogP contribution in [0.3, 0.4) is 0 Å². The van der Waals surface area contributed by atoms with Gasteiger partial charge >= 0.3 is 0 Å². The zero-order valence-electron chi connectivity index (χ0n) is 16.8. The van der Waals surface area contributed by atoms with E-state index in [1.165, 1.54) is 24.8 Å². The SMILES string of the molecule is COc1ccc(C(=O)N2CCC(NC(=O)C=C3CCCCC3)CC2)cc1OC. The van der Waals surface area contributed by atoms with Gasteiger partial charge in [-0.2, -0.15) is 0 Å². The van der Waals surface area contributed by atoms with E-state index in [9.17, 15) is 9.59 Å². The van der Waals surface area contributed by atoms with Gasteiger partial charge in [-0.15, -0.1) is 0 Å². The average Bonchev–Trinajstić information content (AvgIpc) is 2.74. The van der Waals surface area contributed by atoms with E-state index >= 15 is 0 Å². The lowest BCUT2D eigenvalue weighted by atomic mass is 9.94. The molecule has 1 aromatic carbocycles. The number of piperidine rings is 1. The molecule has 0 bridgehead atoms. The molecule has 2 amide bonds. The van der Waals surface area contributed by atoms with Gasteiger partial charge in [0.2, 0.25) is 5.91 Å². The van der Waals surface area contributed by atoms with Gasteiger partial charge < -0.3 is 19.7 Å². The van der Waals surface area contributed by atoms with Crippen molar-refractivity contribution in [2.45, 2.75) is 51.0 Å². The molecule has 1 saturated heterocycles. The summed E-state index contributed by atoms with van der Waals surface area (Å²) >= 11 is 0. The molecule has 6 nitrogen and oxygen atoms in total. The topological polar surface area (TPSA) is 67.9 Å². The molecule has 0 unspecified atom stereocenters. The van der Waals surface area contributed by atoms with Crippen molar-refractivity contribution in [3.8, 4) is 11.5 Å². The number of carbonyl (C=O) groups is 2. The maximum absolute atomic E-state index is 12.8. The molecule has 0 atom stereocenters. The summed E-state index contributed by atoms with van der Waals surface area (Å²) in [6.07, 6.45) is 9.08. The molecule has 152 valence electrons. The minimum absolute atomic E-state index is 0.0153. The van der Waals surface area contributed by atoms with E-state index in [4.69, 9.17) is 9.47 Å². The molecule has 1 aliphatic carbocycles. The highest BCUT2D eigenvalue weighted by Gasteiger charge is 2.25. The summed E-state index contributed by atoms with van der Waals surface area (Å²) in [6.45, 7) is 1.27. The Morgan fingerprint density at radius 2 is 1.71 bits per heavy atom. The minimum atomic E-state index is -0.0185. The van der Waals surface area contributed by atoms with Gasteiger partial charge in [0.15, 0.2) is 11.5 Å². The second-order valence-electron chi connectivity index (χ2n) is 7.51. The smallest absolute Gasteiger partial charge is 0.253 e. The molecule has 2 aliphatic rings. The standard InChI is InChI=1S/C22H30N2O4/c1-27-19-9-8-17(15-20(19)28-2)22(26)24-12-10-18(11-13-24)23-21(25)14-16-6-4-3-5-7-16/h8-9,14-15,18H,3-7,10-13H2,1-2H3,(H,23,25). The van der Waals surface area contributed by atoms with Crippen molar-refractivity contribution in [3.05, 3.63) is 35.4 Å². The fourth-order valence-corrected chi connectivity index (χ4v) is 3.96. The van der Waals surface area contributed by atoms with Gasteiger partial charge in [0.25, 0.3) is 5.91 Å². The van der Waals surface area contributed by atoms with Crippen molar-refractivity contribution in [3.63, 3.8) is 0 Å². The van der Waals surface area contributed by atoms with E-state index in [2.05, 4.69) is 5.32 Å². The Labute approximate surface area is 166 Å². The molecule has 28 heavy (non-hydrogen) atoms. The first-order chi connectivity index (χ1) is 13.6. The maximum Gasteiger partial charge on any atom is 0.253 e. The predicted octanol–water partition coefficient (Wildman–Crippen LogP) is 3.32. The van der Waals surface area contributed by atoms with Gasteiger partial charge in [-0.3, -0.25) is 9.59 Å². The van der Waals surface area contributed by atoms with Crippen molar-refractivity contribution < 1.29 is 19.1 Å². The second-order valence-corrected chi connectivity index (χ2v) is 7.51. The van der Waals surface area contributed by atoms with Gasteiger partial charge in [0, 0.05) is 30.8 Å². The summed E-state index contributed by atoms with van der Waals surface area (Å²) < 4.78 is 10.5. The van der Waals surface area contributed by atoms with Crippen LogP contribution in [0.4, 0.5) is 0 Å². The molecule has 0 aromatic heterocycles. The molecule has 1 aliphatic heterocycles. The third kappa shape index (κ3) is 5.06. The first-order valence-electron chi connectivity index (χ1n) is 10.1. The number of ether oxygens (including phenoxy) is 2. The van der Waals surface area contributed by atoms with Crippen LogP contribution in [-0.2, 0) is 4.79 Å². The Hall–Kier alpha value is -2.50. The third-order valence-corrected chi connectivity index (χ3v) is 5.59. The maximum atomic E-state index is 12.8. The Bertz CT molecular complexity index is 728. The number of carbonyl (C=O) groups excluding carboxylic acids is 2. The largest absolute Gasteiger partial charge is 0.493 e. The van der Waals surface area contributed by atoms with E-state index in [0.717, 1.165) is 25.7 Å². The van der Waals surface area contributed by atoms with Crippen LogP contribution in [0.25, 0.3) is 0 Å². The summed E-state index contributed by atoms with van der Waals surface area (Å²) in [4.78, 5) is 26.9. The molecule has 1 heterocycles. The van der Waals surface area contributed by atoms with Crippen LogP contribution >= 0.6 is 0 Å². The van der Waals surface area contributed by atoms with Crippen LogP contribution in [0.5, 0.6) is 11.5 Å². The molecule has 1 saturated carbocycles. The highest BCUT2D eigenvalue weighted by atomic mass is 16.5. The highest BCUT2D eigenvalue weighted by Crippen LogP contribution is 2.28. The van der Waals surface area contributed by atoms with Crippen LogP contribution < -0.4 is 14.8 Å². The molecule has 0 spiro atoms. The number of hydrogen-bond donors (Lipinski definition) is 1. The van der Waals surface area contributed by atoms with Crippen LogP contribution in [0, 0.1) is 0 Å². The normalized spacial score (nSPS) is 17.8. The highest BCUT2D eigenvalue weighted by molar-refractivity contribution is 5.95. The fourth-order valence-electron chi connectivity index (χ4n) is 3.96. The molecule has 1 N–H and O–H groups in total. The number of likely N-dealkylation sites (tertiary alicyclic amines) is 1. The van der Waals surface area contributed by atoms with Crippen LogP contribution in [0.1, 0.15) is 55.3 Å². The van der Waals surface area contributed by atoms with Gasteiger partial charge in [-0.25, -0.2) is 0 Å². The number of amides is 2. The summed E-state index contributed by atoms with van der Waals surface area (Å²) in [5.74, 6) is 1.15. The average molecular weight is 386 g/mol. The molecule has 3 rings (SSSR count). The zero-order valence-corrected chi connectivity index (χ0v) is 16.8. The van der Waals surface area contributed by atoms with E-state index < -0.39 is 0 Å². The number of hydrogen-bond acceptors (Lipinski definition) is 4. The van der Waals surface area contributed by atoms with Gasteiger partial charge in [0.1, 0.15) is 0 Å². The molecule has 1 aromatic rings. The lowest BCUT2D eigenvalue weighted by Gasteiger charge is -2.32. The lowest BCUT2D eigenvalue weighted by molar-refractivity contribution is -0.117. The molecule has 2 fully saturated rings. The lowest BCUT2D eigenvalue weighted by Crippen LogP contribution is -2.46. The summed E-state index contributed by atoms with van der Waals surface area (Å²) in [5.41, 5.74) is 1.85. The molecule has 6 heteroatoms. The van der Waals surface area contributed by atoms with Crippen molar-refractivity contribution in [1.82, 2.24) is 10.2 Å². The van der Waals surface area contributed by atoms with Gasteiger partial charge in [0.05, 0.1) is 14.2 Å². The van der Waals surface area contributed by atoms with Crippen LogP contribution in [0.15, 0.2) is 29.8 Å².